The Balaban J connectivity index is 1.33. The number of β-lactam (4-membered cyclic amide) rings is 2. The first kappa shape index (κ1) is 24.1. The number of nitrogens with zero attached hydrogens (tertiary/aromatic N) is 2. The van der Waals surface area contributed by atoms with Gasteiger partial charge in [0.2, 0.25) is 11.8 Å². The summed E-state index contributed by atoms with van der Waals surface area (Å²) in [5.41, 5.74) is 5.79. The largest absolute Gasteiger partial charge is 0.303 e. The minimum absolute atomic E-state index is 0.0513. The zero-order valence-electron chi connectivity index (χ0n) is 21.9. The van der Waals surface area contributed by atoms with Crippen molar-refractivity contribution in [2.75, 3.05) is 9.80 Å². The summed E-state index contributed by atoms with van der Waals surface area (Å²) < 4.78 is 0. The molecule has 2 heterocycles. The van der Waals surface area contributed by atoms with Gasteiger partial charge < -0.3 is 9.80 Å². The van der Waals surface area contributed by atoms with Crippen molar-refractivity contribution < 1.29 is 9.59 Å². The molecule has 5 aromatic rings. The highest BCUT2D eigenvalue weighted by atomic mass is 16.2. The predicted octanol–water partition coefficient (Wildman–Crippen LogP) is 7.43. The second kappa shape index (κ2) is 9.97. The molecule has 7 rings (SSSR count). The molecule has 2 saturated heterocycles. The lowest BCUT2D eigenvalue weighted by Crippen LogP contribution is -2.56. The number of rotatable bonds is 6. The van der Waals surface area contributed by atoms with Gasteiger partial charge in [0, 0.05) is 11.4 Å². The van der Waals surface area contributed by atoms with Crippen LogP contribution in [0, 0.1) is 0 Å². The van der Waals surface area contributed by atoms with Gasteiger partial charge in [0.05, 0.1) is 23.9 Å². The third-order valence-electron chi connectivity index (χ3n) is 8.21. The molecule has 2 amide bonds. The van der Waals surface area contributed by atoms with Gasteiger partial charge in [-0.2, -0.15) is 0 Å². The van der Waals surface area contributed by atoms with Gasteiger partial charge in [-0.1, -0.05) is 121 Å². The standard InChI is InChI=1S/C36H28N2O2/c39-35-31(33(25-15-5-1-6-16-25)37(35)27-19-9-3-10-20-27)29-23-13-14-24-30(29)32-34(26-17-7-2-8-18-26)38(36(32)40)28-21-11-4-12-22-28/h1-24,31-34H/t31-,32-,33-,34-/m0/s1. The molecule has 2 aliphatic rings. The van der Waals surface area contributed by atoms with Crippen molar-refractivity contribution in [1.29, 1.82) is 0 Å². The van der Waals surface area contributed by atoms with Gasteiger partial charge in [-0.05, 0) is 46.5 Å². The van der Waals surface area contributed by atoms with Crippen molar-refractivity contribution in [3.63, 3.8) is 0 Å². The van der Waals surface area contributed by atoms with Crippen molar-refractivity contribution in [3.05, 3.63) is 168 Å². The molecule has 0 spiro atoms. The molecule has 0 N–H and O–H groups in total. The van der Waals surface area contributed by atoms with Gasteiger partial charge in [0.1, 0.15) is 0 Å². The van der Waals surface area contributed by atoms with E-state index in [0.717, 1.165) is 33.6 Å². The Morgan fingerprint density at radius 3 is 1.02 bits per heavy atom. The normalized spacial score (nSPS) is 22.0. The first-order chi connectivity index (χ1) is 19.7. The van der Waals surface area contributed by atoms with E-state index in [0.29, 0.717) is 0 Å². The molecule has 4 heteroatoms. The summed E-state index contributed by atoms with van der Waals surface area (Å²) >= 11 is 0. The zero-order valence-corrected chi connectivity index (χ0v) is 21.9. The van der Waals surface area contributed by atoms with E-state index in [1.165, 1.54) is 0 Å². The predicted molar refractivity (Wildman–Crippen MR) is 158 cm³/mol. The second-order valence-corrected chi connectivity index (χ2v) is 10.4. The Labute approximate surface area is 234 Å². The lowest BCUT2D eigenvalue weighted by molar-refractivity contribution is -0.128. The van der Waals surface area contributed by atoms with Crippen molar-refractivity contribution >= 4 is 23.2 Å². The summed E-state index contributed by atoms with van der Waals surface area (Å²) in [5.74, 6) is -0.659. The molecule has 4 nitrogen and oxygen atoms in total. The van der Waals surface area contributed by atoms with Crippen molar-refractivity contribution in [2.24, 2.45) is 0 Å². The van der Waals surface area contributed by atoms with Crippen LogP contribution in [0.4, 0.5) is 11.4 Å². The number of hydrogen-bond donors (Lipinski definition) is 0. The quantitative estimate of drug-likeness (QED) is 0.219. The maximum Gasteiger partial charge on any atom is 0.237 e. The van der Waals surface area contributed by atoms with E-state index in [1.54, 1.807) is 0 Å². The Hall–Kier alpha value is -4.96. The molecule has 0 radical (unpaired) electrons. The average molecular weight is 521 g/mol. The molecule has 5 aromatic carbocycles. The number of anilines is 2. The van der Waals surface area contributed by atoms with Gasteiger partial charge >= 0.3 is 0 Å². The maximum absolute atomic E-state index is 14.0. The van der Waals surface area contributed by atoms with Gasteiger partial charge in [-0.15, -0.1) is 0 Å². The van der Waals surface area contributed by atoms with Gasteiger partial charge in [-0.3, -0.25) is 9.59 Å². The highest BCUT2D eigenvalue weighted by molar-refractivity contribution is 6.09. The SMILES string of the molecule is O=C1[C@@H](c2ccccc2[C@@H]2C(=O)N(c3ccccc3)[C@H]2c2ccccc2)[C@H](c2ccccc2)N1c1ccccc1. The van der Waals surface area contributed by atoms with E-state index in [4.69, 9.17) is 0 Å². The van der Waals surface area contributed by atoms with E-state index in [-0.39, 0.29) is 35.7 Å². The molecule has 0 bridgehead atoms. The highest BCUT2D eigenvalue weighted by Crippen LogP contribution is 2.54. The first-order valence-electron chi connectivity index (χ1n) is 13.7. The van der Waals surface area contributed by atoms with E-state index >= 15 is 0 Å². The summed E-state index contributed by atoms with van der Waals surface area (Å²) in [4.78, 5) is 31.7. The number of para-hydroxylation sites is 2. The summed E-state index contributed by atoms with van der Waals surface area (Å²) in [6.45, 7) is 0. The molecule has 4 atom stereocenters. The van der Waals surface area contributed by atoms with E-state index in [9.17, 15) is 9.59 Å². The molecule has 0 aliphatic carbocycles. The summed E-state index contributed by atoms with van der Waals surface area (Å²) in [6, 6.07) is 47.8. The van der Waals surface area contributed by atoms with E-state index in [2.05, 4.69) is 24.3 Å². The lowest BCUT2D eigenvalue weighted by atomic mass is 9.70. The Morgan fingerprint density at radius 1 is 0.375 bits per heavy atom. The lowest BCUT2D eigenvalue weighted by Gasteiger charge is -2.51. The fraction of sp³-hybridized carbons (Fsp3) is 0.111. The van der Waals surface area contributed by atoms with Gasteiger partial charge in [0.25, 0.3) is 0 Å². The fourth-order valence-corrected chi connectivity index (χ4v) is 6.40. The van der Waals surface area contributed by atoms with Crippen LogP contribution >= 0.6 is 0 Å². The van der Waals surface area contributed by atoms with Crippen LogP contribution in [-0.4, -0.2) is 11.8 Å². The summed E-state index contributed by atoms with van der Waals surface area (Å²) in [7, 11) is 0. The van der Waals surface area contributed by atoms with E-state index < -0.39 is 0 Å². The van der Waals surface area contributed by atoms with Crippen LogP contribution in [0.5, 0.6) is 0 Å². The molecular formula is C36H28N2O2. The monoisotopic (exact) mass is 520 g/mol. The van der Waals surface area contributed by atoms with Crippen LogP contribution in [0.25, 0.3) is 0 Å². The minimum Gasteiger partial charge on any atom is -0.303 e. The third kappa shape index (κ3) is 3.84. The first-order valence-corrected chi connectivity index (χ1v) is 13.7. The van der Waals surface area contributed by atoms with Crippen LogP contribution in [0.15, 0.2) is 146 Å². The van der Waals surface area contributed by atoms with Gasteiger partial charge in [-0.25, -0.2) is 0 Å². The Kier molecular flexibility index (Phi) is 6.01. The number of carbonyl (C=O) groups excluding carboxylic acids is 2. The van der Waals surface area contributed by atoms with Crippen LogP contribution < -0.4 is 9.80 Å². The van der Waals surface area contributed by atoms with Crippen LogP contribution in [0.3, 0.4) is 0 Å². The van der Waals surface area contributed by atoms with Crippen LogP contribution in [0.2, 0.25) is 0 Å². The number of carbonyl (C=O) groups is 2. The molecule has 2 fully saturated rings. The van der Waals surface area contributed by atoms with Crippen molar-refractivity contribution in [3.8, 4) is 0 Å². The molecule has 2 aliphatic heterocycles. The second-order valence-electron chi connectivity index (χ2n) is 10.4. The van der Waals surface area contributed by atoms with Crippen molar-refractivity contribution in [1.82, 2.24) is 0 Å². The average Bonchev–Trinajstić information content (AvgIpc) is 3.01. The number of amides is 2. The topological polar surface area (TPSA) is 40.6 Å². The number of benzene rings is 5. The Morgan fingerprint density at radius 2 is 0.675 bits per heavy atom. The van der Waals surface area contributed by atoms with Crippen molar-refractivity contribution in [2.45, 2.75) is 23.9 Å². The maximum atomic E-state index is 14.0. The molecule has 0 aromatic heterocycles. The van der Waals surface area contributed by atoms with Crippen LogP contribution in [-0.2, 0) is 9.59 Å². The fourth-order valence-electron chi connectivity index (χ4n) is 6.40. The number of hydrogen-bond acceptors (Lipinski definition) is 2. The van der Waals surface area contributed by atoms with Gasteiger partial charge in [0.15, 0.2) is 0 Å². The molecule has 0 saturated carbocycles. The molecule has 0 unspecified atom stereocenters. The third-order valence-corrected chi connectivity index (χ3v) is 8.21. The molecule has 194 valence electrons. The minimum atomic E-state index is -0.381. The van der Waals surface area contributed by atoms with E-state index in [1.807, 2.05) is 131 Å². The van der Waals surface area contributed by atoms with Crippen LogP contribution in [0.1, 0.15) is 46.2 Å². The molecule has 40 heavy (non-hydrogen) atoms. The smallest absolute Gasteiger partial charge is 0.237 e. The zero-order chi connectivity index (χ0) is 27.1. The molecular weight excluding hydrogens is 492 g/mol. The summed E-state index contributed by atoms with van der Waals surface area (Å²) in [6.07, 6.45) is 0. The Bertz CT molecular complexity index is 1530. The summed E-state index contributed by atoms with van der Waals surface area (Å²) in [5, 5.41) is 0. The highest BCUT2D eigenvalue weighted by Gasteiger charge is 2.54.